The standard InChI is InChI=1S/C8H13NOS2/c1-10-8-6(3-4-9)5-7(11-2)12-8/h5H,3-4,9H2,1-2H3. The molecule has 0 aromatic carbocycles. The third-order valence-corrected chi connectivity index (χ3v) is 3.75. The molecule has 1 aromatic rings. The largest absolute Gasteiger partial charge is 0.487 e. The first-order chi connectivity index (χ1) is 5.81. The quantitative estimate of drug-likeness (QED) is 0.760. The number of hydrogen-bond acceptors (Lipinski definition) is 4. The lowest BCUT2D eigenvalue weighted by atomic mass is 10.2. The van der Waals surface area contributed by atoms with Crippen molar-refractivity contribution in [3.8, 4) is 5.06 Å². The minimum Gasteiger partial charge on any atom is -0.487 e. The van der Waals surface area contributed by atoms with Crippen LogP contribution in [-0.2, 0) is 6.42 Å². The summed E-state index contributed by atoms with van der Waals surface area (Å²) in [5.41, 5.74) is 6.71. The minimum absolute atomic E-state index is 0.681. The van der Waals surface area contributed by atoms with Gasteiger partial charge in [0.2, 0.25) is 0 Å². The number of methoxy groups -OCH3 is 1. The van der Waals surface area contributed by atoms with E-state index >= 15 is 0 Å². The monoisotopic (exact) mass is 203 g/mol. The summed E-state index contributed by atoms with van der Waals surface area (Å²) in [7, 11) is 1.70. The first-order valence-electron chi connectivity index (χ1n) is 3.72. The van der Waals surface area contributed by atoms with Crippen molar-refractivity contribution >= 4 is 23.1 Å². The van der Waals surface area contributed by atoms with Gasteiger partial charge in [0.1, 0.15) is 0 Å². The topological polar surface area (TPSA) is 35.2 Å². The highest BCUT2D eigenvalue weighted by Crippen LogP contribution is 2.35. The predicted octanol–water partition coefficient (Wildman–Crippen LogP) is 1.98. The Balaban J connectivity index is 2.84. The van der Waals surface area contributed by atoms with Gasteiger partial charge in [0, 0.05) is 5.56 Å². The maximum Gasteiger partial charge on any atom is 0.177 e. The molecule has 0 spiro atoms. The van der Waals surface area contributed by atoms with Crippen molar-refractivity contribution in [2.45, 2.75) is 10.6 Å². The average molecular weight is 203 g/mol. The Morgan fingerprint density at radius 3 is 2.92 bits per heavy atom. The molecule has 12 heavy (non-hydrogen) atoms. The molecular weight excluding hydrogens is 190 g/mol. The van der Waals surface area contributed by atoms with E-state index in [2.05, 4.69) is 12.3 Å². The molecule has 0 radical (unpaired) electrons. The molecule has 0 unspecified atom stereocenters. The van der Waals surface area contributed by atoms with Crippen molar-refractivity contribution < 1.29 is 4.74 Å². The van der Waals surface area contributed by atoms with Gasteiger partial charge in [-0.1, -0.05) is 11.3 Å². The molecule has 0 bridgehead atoms. The van der Waals surface area contributed by atoms with Gasteiger partial charge >= 0.3 is 0 Å². The van der Waals surface area contributed by atoms with Crippen LogP contribution in [0.1, 0.15) is 5.56 Å². The summed E-state index contributed by atoms with van der Waals surface area (Å²) < 4.78 is 6.52. The van der Waals surface area contributed by atoms with Gasteiger partial charge in [-0.05, 0) is 25.3 Å². The lowest BCUT2D eigenvalue weighted by molar-refractivity contribution is 0.422. The Morgan fingerprint density at radius 1 is 1.67 bits per heavy atom. The molecule has 2 nitrogen and oxygen atoms in total. The van der Waals surface area contributed by atoms with Gasteiger partial charge < -0.3 is 10.5 Å². The van der Waals surface area contributed by atoms with Gasteiger partial charge in [-0.15, -0.1) is 11.8 Å². The van der Waals surface area contributed by atoms with Gasteiger partial charge in [-0.2, -0.15) is 0 Å². The summed E-state index contributed by atoms with van der Waals surface area (Å²) in [6.07, 6.45) is 2.97. The highest BCUT2D eigenvalue weighted by molar-refractivity contribution is 8.00. The second kappa shape index (κ2) is 4.74. The molecule has 0 aliphatic rings. The van der Waals surface area contributed by atoms with Gasteiger partial charge in [0.25, 0.3) is 0 Å². The van der Waals surface area contributed by atoms with E-state index in [0.29, 0.717) is 6.54 Å². The number of nitrogens with two attached hydrogens (primary N) is 1. The van der Waals surface area contributed by atoms with Crippen LogP contribution in [0, 0.1) is 0 Å². The Hall–Kier alpha value is -0.190. The van der Waals surface area contributed by atoms with Crippen molar-refractivity contribution in [2.24, 2.45) is 5.73 Å². The Bertz CT molecular complexity index is 247. The summed E-state index contributed by atoms with van der Waals surface area (Å²) in [6.45, 7) is 0.681. The molecule has 0 amide bonds. The third-order valence-electron chi connectivity index (χ3n) is 1.55. The molecule has 0 saturated carbocycles. The SMILES string of the molecule is COc1sc(SC)cc1CCN. The normalized spacial score (nSPS) is 10.2. The molecule has 0 fully saturated rings. The first-order valence-corrected chi connectivity index (χ1v) is 5.76. The minimum atomic E-state index is 0.681. The molecule has 0 atom stereocenters. The van der Waals surface area contributed by atoms with E-state index in [0.717, 1.165) is 11.5 Å². The summed E-state index contributed by atoms with van der Waals surface area (Å²) in [5, 5.41) is 1.00. The second-order valence-corrected chi connectivity index (χ2v) is 4.45. The summed E-state index contributed by atoms with van der Waals surface area (Å²) in [4.78, 5) is 0. The molecule has 0 aliphatic carbocycles. The van der Waals surface area contributed by atoms with Crippen molar-refractivity contribution in [2.75, 3.05) is 19.9 Å². The van der Waals surface area contributed by atoms with E-state index < -0.39 is 0 Å². The fourth-order valence-electron chi connectivity index (χ4n) is 0.991. The lowest BCUT2D eigenvalue weighted by Crippen LogP contribution is -2.02. The fraction of sp³-hybridized carbons (Fsp3) is 0.500. The molecule has 68 valence electrons. The smallest absolute Gasteiger partial charge is 0.177 e. The fourth-order valence-corrected chi connectivity index (χ4v) is 2.57. The van der Waals surface area contributed by atoms with Crippen LogP contribution in [0.5, 0.6) is 5.06 Å². The predicted molar refractivity (Wildman–Crippen MR) is 55.4 cm³/mol. The second-order valence-electron chi connectivity index (χ2n) is 2.33. The van der Waals surface area contributed by atoms with Crippen LogP contribution < -0.4 is 10.5 Å². The van der Waals surface area contributed by atoms with Crippen molar-refractivity contribution in [1.82, 2.24) is 0 Å². The van der Waals surface area contributed by atoms with E-state index in [1.807, 2.05) is 0 Å². The Morgan fingerprint density at radius 2 is 2.42 bits per heavy atom. The van der Waals surface area contributed by atoms with Crippen molar-refractivity contribution in [1.29, 1.82) is 0 Å². The molecule has 0 aliphatic heterocycles. The summed E-state index contributed by atoms with van der Waals surface area (Å²) in [6, 6.07) is 2.15. The zero-order valence-electron chi connectivity index (χ0n) is 7.29. The summed E-state index contributed by atoms with van der Waals surface area (Å²) in [5.74, 6) is 0. The van der Waals surface area contributed by atoms with Crippen LogP contribution in [0.4, 0.5) is 0 Å². The van der Waals surface area contributed by atoms with E-state index in [9.17, 15) is 0 Å². The van der Waals surface area contributed by atoms with Crippen LogP contribution in [0.25, 0.3) is 0 Å². The molecule has 4 heteroatoms. The average Bonchev–Trinajstić information content (AvgIpc) is 2.48. The number of thioether (sulfide) groups is 1. The van der Waals surface area contributed by atoms with E-state index in [1.165, 1.54) is 9.77 Å². The number of ether oxygens (including phenoxy) is 1. The lowest BCUT2D eigenvalue weighted by Gasteiger charge is -1.98. The summed E-state index contributed by atoms with van der Waals surface area (Å²) >= 11 is 3.43. The molecule has 2 N–H and O–H groups in total. The number of hydrogen-bond donors (Lipinski definition) is 1. The zero-order valence-corrected chi connectivity index (χ0v) is 8.93. The molecule has 0 saturated heterocycles. The maximum absolute atomic E-state index is 5.48. The maximum atomic E-state index is 5.48. The van der Waals surface area contributed by atoms with Gasteiger partial charge in [0.15, 0.2) is 5.06 Å². The van der Waals surface area contributed by atoms with Crippen LogP contribution in [-0.4, -0.2) is 19.9 Å². The van der Waals surface area contributed by atoms with Crippen molar-refractivity contribution in [3.63, 3.8) is 0 Å². The number of thiophene rings is 1. The van der Waals surface area contributed by atoms with Crippen LogP contribution in [0.3, 0.4) is 0 Å². The van der Waals surface area contributed by atoms with Crippen LogP contribution in [0.2, 0.25) is 0 Å². The highest BCUT2D eigenvalue weighted by atomic mass is 32.2. The van der Waals surface area contributed by atoms with Crippen molar-refractivity contribution in [3.05, 3.63) is 11.6 Å². The van der Waals surface area contributed by atoms with E-state index in [1.54, 1.807) is 30.2 Å². The Labute approximate surface area is 81.1 Å². The van der Waals surface area contributed by atoms with Crippen LogP contribution in [0.15, 0.2) is 10.3 Å². The van der Waals surface area contributed by atoms with E-state index in [4.69, 9.17) is 10.5 Å². The van der Waals surface area contributed by atoms with Gasteiger partial charge in [0.05, 0.1) is 11.3 Å². The molecule has 1 heterocycles. The molecular formula is C8H13NOS2. The zero-order chi connectivity index (χ0) is 8.97. The molecule has 1 rings (SSSR count). The molecule has 1 aromatic heterocycles. The van der Waals surface area contributed by atoms with Gasteiger partial charge in [-0.25, -0.2) is 0 Å². The highest BCUT2D eigenvalue weighted by Gasteiger charge is 2.07. The van der Waals surface area contributed by atoms with E-state index in [-0.39, 0.29) is 0 Å². The van der Waals surface area contributed by atoms with Crippen LogP contribution >= 0.6 is 23.1 Å². The Kier molecular flexibility index (Phi) is 3.91. The number of rotatable bonds is 4. The first kappa shape index (κ1) is 9.89. The third kappa shape index (κ3) is 2.15. The van der Waals surface area contributed by atoms with Gasteiger partial charge in [-0.3, -0.25) is 0 Å².